The average molecular weight is 274 g/mol. The molecule has 20 heavy (non-hydrogen) atoms. The second-order valence-electron chi connectivity index (χ2n) is 4.49. The molecule has 0 aliphatic rings. The lowest BCUT2D eigenvalue weighted by molar-refractivity contribution is 0.0692. The van der Waals surface area contributed by atoms with Crippen LogP contribution in [0.15, 0.2) is 36.5 Å². The fourth-order valence-electron chi connectivity index (χ4n) is 1.87. The Bertz CT molecular complexity index is 629. The van der Waals surface area contributed by atoms with Gasteiger partial charge in [0.05, 0.1) is 11.3 Å². The number of carboxylic acids is 1. The maximum absolute atomic E-state index is 13.5. The molecule has 0 aliphatic carbocycles. The van der Waals surface area contributed by atoms with Gasteiger partial charge in [-0.2, -0.15) is 0 Å². The predicted molar refractivity (Wildman–Crippen MR) is 72.9 cm³/mol. The molecule has 2 aromatic rings. The summed E-state index contributed by atoms with van der Waals surface area (Å²) in [5.74, 6) is -1.98. The summed E-state index contributed by atoms with van der Waals surface area (Å²) < 4.78 is 13.5. The van der Waals surface area contributed by atoms with Crippen molar-refractivity contribution >= 4 is 5.97 Å². The number of nitrogens with one attached hydrogen (secondary N) is 1. The second kappa shape index (κ2) is 6.25. The number of carbonyl (C=O) groups is 1. The molecule has 0 saturated carbocycles. The van der Waals surface area contributed by atoms with Crippen molar-refractivity contribution in [1.29, 1.82) is 0 Å². The van der Waals surface area contributed by atoms with Crippen LogP contribution in [0.2, 0.25) is 0 Å². The Kier molecular flexibility index (Phi) is 4.42. The zero-order chi connectivity index (χ0) is 14.5. The van der Waals surface area contributed by atoms with Crippen molar-refractivity contribution in [2.45, 2.75) is 20.0 Å². The van der Waals surface area contributed by atoms with Crippen molar-refractivity contribution in [3.05, 3.63) is 64.7 Å². The van der Waals surface area contributed by atoms with Gasteiger partial charge in [-0.25, -0.2) is 9.18 Å². The van der Waals surface area contributed by atoms with E-state index in [1.807, 2.05) is 19.1 Å². The molecule has 1 aromatic heterocycles. The van der Waals surface area contributed by atoms with E-state index in [0.717, 1.165) is 11.3 Å². The van der Waals surface area contributed by atoms with Crippen molar-refractivity contribution < 1.29 is 14.3 Å². The minimum absolute atomic E-state index is 0.311. The van der Waals surface area contributed by atoms with Gasteiger partial charge >= 0.3 is 5.97 Å². The molecule has 0 amide bonds. The van der Waals surface area contributed by atoms with Gasteiger partial charge < -0.3 is 10.4 Å². The number of nitrogens with zero attached hydrogens (tertiary/aromatic N) is 1. The number of pyridine rings is 1. The van der Waals surface area contributed by atoms with Gasteiger partial charge in [0.25, 0.3) is 0 Å². The zero-order valence-electron chi connectivity index (χ0n) is 11.1. The Hall–Kier alpha value is -2.27. The normalized spacial score (nSPS) is 10.5. The third-order valence-electron chi connectivity index (χ3n) is 3.00. The molecule has 104 valence electrons. The van der Waals surface area contributed by atoms with Crippen LogP contribution in [0.4, 0.5) is 4.39 Å². The van der Waals surface area contributed by atoms with E-state index in [1.54, 1.807) is 12.3 Å². The fourth-order valence-corrected chi connectivity index (χ4v) is 1.87. The van der Waals surface area contributed by atoms with Crippen molar-refractivity contribution in [2.75, 3.05) is 0 Å². The average Bonchev–Trinajstić information content (AvgIpc) is 2.40. The SMILES string of the molecule is Cc1cccnc1CNCc1ccc(C(=O)O)c(F)c1. The van der Waals surface area contributed by atoms with Gasteiger partial charge in [0.15, 0.2) is 0 Å². The minimum atomic E-state index is -1.26. The third kappa shape index (κ3) is 3.39. The molecule has 2 N–H and O–H groups in total. The summed E-state index contributed by atoms with van der Waals surface area (Å²) in [5, 5.41) is 11.9. The monoisotopic (exact) mass is 274 g/mol. The van der Waals surface area contributed by atoms with E-state index in [-0.39, 0.29) is 5.56 Å². The van der Waals surface area contributed by atoms with Crippen LogP contribution in [-0.4, -0.2) is 16.1 Å². The summed E-state index contributed by atoms with van der Waals surface area (Å²) in [6.45, 7) is 3.01. The number of benzene rings is 1. The number of hydrogen-bond donors (Lipinski definition) is 2. The van der Waals surface area contributed by atoms with Gasteiger partial charge in [0.2, 0.25) is 0 Å². The highest BCUT2D eigenvalue weighted by Crippen LogP contribution is 2.11. The molecule has 0 unspecified atom stereocenters. The van der Waals surface area contributed by atoms with Gasteiger partial charge in [-0.15, -0.1) is 0 Å². The molecule has 0 aliphatic heterocycles. The maximum atomic E-state index is 13.5. The maximum Gasteiger partial charge on any atom is 0.338 e. The van der Waals surface area contributed by atoms with E-state index in [9.17, 15) is 9.18 Å². The first-order valence-electron chi connectivity index (χ1n) is 6.21. The first-order chi connectivity index (χ1) is 9.58. The van der Waals surface area contributed by atoms with Crippen LogP contribution in [-0.2, 0) is 13.1 Å². The fraction of sp³-hybridized carbons (Fsp3) is 0.200. The summed E-state index contributed by atoms with van der Waals surface area (Å²) in [5.41, 5.74) is 2.41. The van der Waals surface area contributed by atoms with Gasteiger partial charge in [-0.05, 0) is 36.2 Å². The first kappa shape index (κ1) is 14.1. The molecular weight excluding hydrogens is 259 g/mol. The molecule has 0 bridgehead atoms. The molecular formula is C15H15FN2O2. The molecule has 4 nitrogen and oxygen atoms in total. The number of aromatic carboxylic acids is 1. The number of carboxylic acid groups (broad SMARTS) is 1. The lowest BCUT2D eigenvalue weighted by Crippen LogP contribution is -2.15. The van der Waals surface area contributed by atoms with Gasteiger partial charge in [-0.1, -0.05) is 12.1 Å². The largest absolute Gasteiger partial charge is 0.478 e. The summed E-state index contributed by atoms with van der Waals surface area (Å²) in [7, 11) is 0. The third-order valence-corrected chi connectivity index (χ3v) is 3.00. The topological polar surface area (TPSA) is 62.2 Å². The zero-order valence-corrected chi connectivity index (χ0v) is 11.1. The van der Waals surface area contributed by atoms with E-state index in [1.165, 1.54) is 12.1 Å². The molecule has 0 saturated heterocycles. The minimum Gasteiger partial charge on any atom is -0.478 e. The standard InChI is InChI=1S/C15H15FN2O2/c1-10-3-2-6-18-14(10)9-17-8-11-4-5-12(15(19)20)13(16)7-11/h2-7,17H,8-9H2,1H3,(H,19,20). The molecule has 0 fully saturated rings. The van der Waals surface area contributed by atoms with Gasteiger partial charge in [-0.3, -0.25) is 4.98 Å². The van der Waals surface area contributed by atoms with Crippen LogP contribution < -0.4 is 5.32 Å². The van der Waals surface area contributed by atoms with E-state index in [4.69, 9.17) is 5.11 Å². The number of aromatic nitrogens is 1. The van der Waals surface area contributed by atoms with Crippen molar-refractivity contribution in [3.63, 3.8) is 0 Å². The summed E-state index contributed by atoms with van der Waals surface area (Å²) in [6.07, 6.45) is 1.73. The molecule has 0 atom stereocenters. The van der Waals surface area contributed by atoms with Crippen LogP contribution in [0, 0.1) is 12.7 Å². The molecule has 0 spiro atoms. The van der Waals surface area contributed by atoms with Crippen LogP contribution in [0.1, 0.15) is 27.2 Å². The second-order valence-corrected chi connectivity index (χ2v) is 4.49. The lowest BCUT2D eigenvalue weighted by atomic mass is 10.1. The summed E-state index contributed by atoms with van der Waals surface area (Å²) in [4.78, 5) is 15.0. The van der Waals surface area contributed by atoms with Crippen molar-refractivity contribution in [1.82, 2.24) is 10.3 Å². The summed E-state index contributed by atoms with van der Waals surface area (Å²) >= 11 is 0. The number of aryl methyl sites for hydroxylation is 1. The highest BCUT2D eigenvalue weighted by atomic mass is 19.1. The van der Waals surface area contributed by atoms with E-state index in [2.05, 4.69) is 10.3 Å². The number of halogens is 1. The van der Waals surface area contributed by atoms with Crippen LogP contribution >= 0.6 is 0 Å². The van der Waals surface area contributed by atoms with E-state index in [0.29, 0.717) is 18.7 Å². The quantitative estimate of drug-likeness (QED) is 0.879. The lowest BCUT2D eigenvalue weighted by Gasteiger charge is -2.07. The molecule has 2 rings (SSSR count). The van der Waals surface area contributed by atoms with Crippen molar-refractivity contribution in [3.8, 4) is 0 Å². The predicted octanol–water partition coefficient (Wildman–Crippen LogP) is 2.52. The Morgan fingerprint density at radius 2 is 2.15 bits per heavy atom. The van der Waals surface area contributed by atoms with Crippen molar-refractivity contribution in [2.24, 2.45) is 0 Å². The van der Waals surface area contributed by atoms with Crippen LogP contribution in [0.5, 0.6) is 0 Å². The Morgan fingerprint density at radius 3 is 2.80 bits per heavy atom. The van der Waals surface area contributed by atoms with Crippen LogP contribution in [0.25, 0.3) is 0 Å². The summed E-state index contributed by atoms with van der Waals surface area (Å²) in [6, 6.07) is 7.97. The molecule has 1 aromatic carbocycles. The highest BCUT2D eigenvalue weighted by molar-refractivity contribution is 5.87. The van der Waals surface area contributed by atoms with Gasteiger partial charge in [0, 0.05) is 19.3 Å². The van der Waals surface area contributed by atoms with Gasteiger partial charge in [0.1, 0.15) is 5.82 Å². The number of hydrogen-bond acceptors (Lipinski definition) is 3. The molecule has 5 heteroatoms. The Labute approximate surface area is 116 Å². The Balaban J connectivity index is 1.97. The Morgan fingerprint density at radius 1 is 1.35 bits per heavy atom. The first-order valence-corrected chi connectivity index (χ1v) is 6.21. The molecule has 0 radical (unpaired) electrons. The van der Waals surface area contributed by atoms with Crippen LogP contribution in [0.3, 0.4) is 0 Å². The smallest absolute Gasteiger partial charge is 0.338 e. The van der Waals surface area contributed by atoms with E-state index >= 15 is 0 Å². The van der Waals surface area contributed by atoms with E-state index < -0.39 is 11.8 Å². The molecule has 1 heterocycles. The number of rotatable bonds is 5. The highest BCUT2D eigenvalue weighted by Gasteiger charge is 2.10.